The van der Waals surface area contributed by atoms with Crippen molar-refractivity contribution in [3.05, 3.63) is 29.3 Å². The highest BCUT2D eigenvalue weighted by Crippen LogP contribution is 2.45. The molecule has 0 radical (unpaired) electrons. The SMILES string of the molecule is CCCN[C@@H]1[C@H]2Cc3ccc(OC)cc3[C@@]1(C)CCCN2C. The lowest BCUT2D eigenvalue weighted by Crippen LogP contribution is -2.60. The number of benzene rings is 1. The molecule has 1 aromatic carbocycles. The summed E-state index contributed by atoms with van der Waals surface area (Å²) in [5, 5.41) is 3.88. The van der Waals surface area contributed by atoms with Gasteiger partial charge in [0.05, 0.1) is 7.11 Å². The number of hydrogen-bond donors (Lipinski definition) is 1. The number of rotatable bonds is 4. The van der Waals surface area contributed by atoms with Gasteiger partial charge in [-0.3, -0.25) is 0 Å². The molecule has 3 heteroatoms. The molecule has 1 aromatic rings. The molecule has 122 valence electrons. The summed E-state index contributed by atoms with van der Waals surface area (Å²) in [5.41, 5.74) is 3.22. The van der Waals surface area contributed by atoms with E-state index >= 15 is 0 Å². The molecule has 1 aliphatic carbocycles. The summed E-state index contributed by atoms with van der Waals surface area (Å²) in [5.74, 6) is 0.991. The number of hydrogen-bond acceptors (Lipinski definition) is 3. The van der Waals surface area contributed by atoms with Crippen LogP contribution in [0.3, 0.4) is 0 Å². The molecule has 0 unspecified atom stereocenters. The van der Waals surface area contributed by atoms with Crippen molar-refractivity contribution in [1.29, 1.82) is 0 Å². The molecule has 0 spiro atoms. The number of methoxy groups -OCH3 is 1. The van der Waals surface area contributed by atoms with E-state index in [1.54, 1.807) is 7.11 Å². The smallest absolute Gasteiger partial charge is 0.119 e. The second-order valence-electron chi connectivity index (χ2n) is 7.23. The molecule has 1 aliphatic heterocycles. The zero-order valence-electron chi connectivity index (χ0n) is 14.5. The number of likely N-dealkylation sites (N-methyl/N-ethyl adjacent to an activating group) is 1. The minimum atomic E-state index is 0.201. The normalized spacial score (nSPS) is 31.5. The predicted octanol–water partition coefficient (Wildman–Crippen LogP) is 2.97. The lowest BCUT2D eigenvalue weighted by atomic mass is 9.64. The molecule has 3 nitrogen and oxygen atoms in total. The second-order valence-corrected chi connectivity index (χ2v) is 7.23. The molecule has 1 heterocycles. The van der Waals surface area contributed by atoms with Crippen LogP contribution in [0.15, 0.2) is 18.2 Å². The molecular formula is C19H30N2O. The first-order valence-corrected chi connectivity index (χ1v) is 8.71. The van der Waals surface area contributed by atoms with Crippen molar-refractivity contribution < 1.29 is 4.74 Å². The molecule has 0 aromatic heterocycles. The Morgan fingerprint density at radius 2 is 2.23 bits per heavy atom. The van der Waals surface area contributed by atoms with Crippen molar-refractivity contribution in [2.45, 2.75) is 57.0 Å². The van der Waals surface area contributed by atoms with Gasteiger partial charge in [-0.15, -0.1) is 0 Å². The fourth-order valence-electron chi connectivity index (χ4n) is 4.55. The first kappa shape index (κ1) is 15.8. The van der Waals surface area contributed by atoms with Crippen molar-refractivity contribution in [2.75, 3.05) is 27.2 Å². The fourth-order valence-corrected chi connectivity index (χ4v) is 4.55. The molecule has 1 saturated heterocycles. The zero-order valence-corrected chi connectivity index (χ0v) is 14.5. The van der Waals surface area contributed by atoms with Crippen LogP contribution in [0.2, 0.25) is 0 Å². The van der Waals surface area contributed by atoms with Gasteiger partial charge in [-0.1, -0.05) is 19.9 Å². The Hall–Kier alpha value is -1.06. The lowest BCUT2D eigenvalue weighted by Gasteiger charge is -2.48. The third kappa shape index (κ3) is 2.55. The molecule has 22 heavy (non-hydrogen) atoms. The standard InChI is InChI=1S/C19H30N2O/c1-5-10-20-18-17-12-14-7-8-15(22-4)13-16(14)19(18,2)9-6-11-21(17)3/h7-8,13,17-18,20H,5-6,9-12H2,1-4H3/t17-,18-,19-/m1/s1. The van der Waals surface area contributed by atoms with Crippen LogP contribution in [0.5, 0.6) is 5.75 Å². The van der Waals surface area contributed by atoms with Crippen LogP contribution < -0.4 is 10.1 Å². The van der Waals surface area contributed by atoms with Gasteiger partial charge in [-0.2, -0.15) is 0 Å². The predicted molar refractivity (Wildman–Crippen MR) is 91.8 cm³/mol. The number of ether oxygens (including phenoxy) is 1. The van der Waals surface area contributed by atoms with Crippen LogP contribution >= 0.6 is 0 Å². The average Bonchev–Trinajstić information content (AvgIpc) is 2.60. The van der Waals surface area contributed by atoms with Gasteiger partial charge in [-0.25, -0.2) is 0 Å². The van der Waals surface area contributed by atoms with Gasteiger partial charge in [0, 0.05) is 17.5 Å². The Morgan fingerprint density at radius 3 is 2.95 bits per heavy atom. The van der Waals surface area contributed by atoms with Crippen LogP contribution in [0.25, 0.3) is 0 Å². The quantitative estimate of drug-likeness (QED) is 0.925. The number of fused-ring (bicyclic) bond motifs is 4. The van der Waals surface area contributed by atoms with Gasteiger partial charge in [0.25, 0.3) is 0 Å². The molecule has 1 N–H and O–H groups in total. The molecule has 0 saturated carbocycles. The maximum atomic E-state index is 5.50. The third-order valence-corrected chi connectivity index (χ3v) is 5.82. The summed E-state index contributed by atoms with van der Waals surface area (Å²) in [6.07, 6.45) is 4.85. The van der Waals surface area contributed by atoms with Crippen LogP contribution in [0, 0.1) is 0 Å². The van der Waals surface area contributed by atoms with E-state index < -0.39 is 0 Å². The van der Waals surface area contributed by atoms with E-state index in [4.69, 9.17) is 4.74 Å². The average molecular weight is 302 g/mol. The topological polar surface area (TPSA) is 24.5 Å². The molecular weight excluding hydrogens is 272 g/mol. The third-order valence-electron chi connectivity index (χ3n) is 5.82. The molecule has 3 rings (SSSR count). The van der Waals surface area contributed by atoms with Crippen LogP contribution in [-0.4, -0.2) is 44.2 Å². The van der Waals surface area contributed by atoms with E-state index in [-0.39, 0.29) is 5.41 Å². The summed E-state index contributed by atoms with van der Waals surface area (Å²) < 4.78 is 5.50. The van der Waals surface area contributed by atoms with Crippen molar-refractivity contribution in [3.63, 3.8) is 0 Å². The maximum absolute atomic E-state index is 5.50. The van der Waals surface area contributed by atoms with Crippen molar-refractivity contribution in [3.8, 4) is 5.75 Å². The maximum Gasteiger partial charge on any atom is 0.119 e. The van der Waals surface area contributed by atoms with Gasteiger partial charge in [0.15, 0.2) is 0 Å². The molecule has 2 aliphatic rings. The first-order chi connectivity index (χ1) is 10.6. The number of nitrogens with one attached hydrogen (secondary N) is 1. The van der Waals surface area contributed by atoms with Gasteiger partial charge in [0.1, 0.15) is 5.75 Å². The molecule has 0 amide bonds. The molecule has 1 fully saturated rings. The van der Waals surface area contributed by atoms with Crippen molar-refractivity contribution in [1.82, 2.24) is 10.2 Å². The van der Waals surface area contributed by atoms with E-state index in [0.29, 0.717) is 12.1 Å². The molecule has 2 bridgehead atoms. The van der Waals surface area contributed by atoms with Crippen molar-refractivity contribution >= 4 is 0 Å². The van der Waals surface area contributed by atoms with Gasteiger partial charge in [-0.05, 0) is 69.1 Å². The van der Waals surface area contributed by atoms with E-state index in [1.807, 2.05) is 0 Å². The van der Waals surface area contributed by atoms with E-state index in [1.165, 1.54) is 36.9 Å². The highest BCUT2D eigenvalue weighted by molar-refractivity contribution is 5.45. The van der Waals surface area contributed by atoms with E-state index in [9.17, 15) is 0 Å². The fraction of sp³-hybridized carbons (Fsp3) is 0.684. The second kappa shape index (κ2) is 6.21. The van der Waals surface area contributed by atoms with Gasteiger partial charge in [0.2, 0.25) is 0 Å². The summed E-state index contributed by atoms with van der Waals surface area (Å²) in [6, 6.07) is 7.82. The highest BCUT2D eigenvalue weighted by atomic mass is 16.5. The Labute approximate surface area is 135 Å². The zero-order chi connectivity index (χ0) is 15.7. The monoisotopic (exact) mass is 302 g/mol. The Kier molecular flexibility index (Phi) is 4.47. The Balaban J connectivity index is 2.07. The summed E-state index contributed by atoms with van der Waals surface area (Å²) in [7, 11) is 4.06. The Bertz CT molecular complexity index is 530. The van der Waals surface area contributed by atoms with E-state index in [0.717, 1.165) is 18.7 Å². The van der Waals surface area contributed by atoms with Crippen molar-refractivity contribution in [2.24, 2.45) is 0 Å². The largest absolute Gasteiger partial charge is 0.497 e. The number of likely N-dealkylation sites (tertiary alicyclic amines) is 1. The van der Waals surface area contributed by atoms with E-state index in [2.05, 4.69) is 49.3 Å². The Morgan fingerprint density at radius 1 is 1.41 bits per heavy atom. The first-order valence-electron chi connectivity index (χ1n) is 8.71. The molecule has 3 atom stereocenters. The summed E-state index contributed by atoms with van der Waals surface area (Å²) in [6.45, 7) is 7.02. The minimum Gasteiger partial charge on any atom is -0.497 e. The lowest BCUT2D eigenvalue weighted by molar-refractivity contribution is 0.156. The number of nitrogens with zero attached hydrogens (tertiary/aromatic N) is 1. The summed E-state index contributed by atoms with van der Waals surface area (Å²) in [4.78, 5) is 2.58. The van der Waals surface area contributed by atoms with Crippen LogP contribution in [0.1, 0.15) is 44.2 Å². The van der Waals surface area contributed by atoms with Gasteiger partial charge < -0.3 is 15.0 Å². The summed E-state index contributed by atoms with van der Waals surface area (Å²) >= 11 is 0. The van der Waals surface area contributed by atoms with Crippen LogP contribution in [0.4, 0.5) is 0 Å². The highest BCUT2D eigenvalue weighted by Gasteiger charge is 2.47. The van der Waals surface area contributed by atoms with Gasteiger partial charge >= 0.3 is 0 Å². The van der Waals surface area contributed by atoms with Crippen LogP contribution in [-0.2, 0) is 11.8 Å². The minimum absolute atomic E-state index is 0.201.